The van der Waals surface area contributed by atoms with E-state index in [1.165, 1.54) is 5.56 Å². The lowest BCUT2D eigenvalue weighted by Crippen LogP contribution is -2.03. The van der Waals surface area contributed by atoms with E-state index in [2.05, 4.69) is 15.6 Å². The third-order valence-corrected chi connectivity index (χ3v) is 3.53. The zero-order valence-corrected chi connectivity index (χ0v) is 13.2. The van der Waals surface area contributed by atoms with Gasteiger partial charge < -0.3 is 27.2 Å². The highest BCUT2D eigenvalue weighted by Crippen LogP contribution is 2.33. The van der Waals surface area contributed by atoms with Crippen molar-refractivity contribution in [2.24, 2.45) is 0 Å². The van der Waals surface area contributed by atoms with Crippen molar-refractivity contribution in [3.8, 4) is 5.75 Å². The minimum Gasteiger partial charge on any atom is -0.504 e. The first-order chi connectivity index (χ1) is 11.5. The number of nitrogens with two attached hydrogens (primary N) is 2. The fraction of sp³-hybridized carbons (Fsp3) is 0.0556. The number of aromatic nitrogens is 1. The average Bonchev–Trinajstić information content (AvgIpc) is 2.56. The highest BCUT2D eigenvalue weighted by Gasteiger charge is 2.10. The number of benzene rings is 2. The van der Waals surface area contributed by atoms with Crippen LogP contribution in [-0.2, 0) is 0 Å². The maximum Gasteiger partial charge on any atom is 0.168 e. The van der Waals surface area contributed by atoms with Crippen molar-refractivity contribution in [1.29, 1.82) is 0 Å². The first-order valence-electron chi connectivity index (χ1n) is 7.47. The normalized spacial score (nSPS) is 10.4. The summed E-state index contributed by atoms with van der Waals surface area (Å²) in [6, 6.07) is 16.7. The smallest absolute Gasteiger partial charge is 0.168 e. The lowest BCUT2D eigenvalue weighted by Gasteiger charge is -2.15. The fourth-order valence-corrected chi connectivity index (χ4v) is 2.20. The Morgan fingerprint density at radius 1 is 0.875 bits per heavy atom. The van der Waals surface area contributed by atoms with Crippen LogP contribution in [0.25, 0.3) is 0 Å². The van der Waals surface area contributed by atoms with Crippen molar-refractivity contribution >= 4 is 34.4 Å². The molecule has 0 fully saturated rings. The molecule has 6 heteroatoms. The van der Waals surface area contributed by atoms with Gasteiger partial charge >= 0.3 is 0 Å². The quantitative estimate of drug-likeness (QED) is 0.468. The zero-order valence-electron chi connectivity index (χ0n) is 13.2. The Bertz CT molecular complexity index is 772. The molecule has 0 spiro atoms. The molecule has 0 saturated heterocycles. The molecule has 122 valence electrons. The average molecular weight is 321 g/mol. The maximum atomic E-state index is 9.88. The standard InChI is InChI=1S/C18H19N5O/c1-11-2-6-13(7-3-11)21-15-10-16(24)17(20)23-18(15)22-14-8-4-12(19)5-9-14/h2-10,21,24H,19H2,1H3,(H3,20,22,23). The number of aromatic hydroxyl groups is 1. The highest BCUT2D eigenvalue weighted by atomic mass is 16.3. The molecular formula is C18H19N5O. The number of anilines is 6. The number of nitrogens with zero attached hydrogens (tertiary/aromatic N) is 1. The lowest BCUT2D eigenvalue weighted by molar-refractivity contribution is 0.476. The van der Waals surface area contributed by atoms with Gasteiger partial charge in [-0.3, -0.25) is 0 Å². The molecule has 1 heterocycles. The molecule has 0 amide bonds. The van der Waals surface area contributed by atoms with Crippen molar-refractivity contribution in [1.82, 2.24) is 4.98 Å². The van der Waals surface area contributed by atoms with Crippen molar-refractivity contribution in [2.45, 2.75) is 6.92 Å². The number of nitrogen functional groups attached to an aromatic ring is 2. The van der Waals surface area contributed by atoms with Crippen LogP contribution in [-0.4, -0.2) is 10.1 Å². The van der Waals surface area contributed by atoms with E-state index in [9.17, 15) is 5.11 Å². The molecule has 3 aromatic rings. The molecule has 1 aromatic heterocycles. The topological polar surface area (TPSA) is 109 Å². The second kappa shape index (κ2) is 6.37. The van der Waals surface area contributed by atoms with Gasteiger partial charge in [0.1, 0.15) is 0 Å². The molecule has 0 saturated carbocycles. The molecule has 0 unspecified atom stereocenters. The van der Waals surface area contributed by atoms with Gasteiger partial charge in [0, 0.05) is 23.1 Å². The van der Waals surface area contributed by atoms with Crippen LogP contribution >= 0.6 is 0 Å². The van der Waals surface area contributed by atoms with Crippen LogP contribution in [0.2, 0.25) is 0 Å². The lowest BCUT2D eigenvalue weighted by atomic mass is 10.2. The third-order valence-electron chi connectivity index (χ3n) is 3.53. The monoisotopic (exact) mass is 321 g/mol. The van der Waals surface area contributed by atoms with E-state index in [0.717, 1.165) is 11.4 Å². The molecule has 24 heavy (non-hydrogen) atoms. The van der Waals surface area contributed by atoms with Crippen molar-refractivity contribution in [3.05, 3.63) is 60.2 Å². The van der Waals surface area contributed by atoms with E-state index < -0.39 is 0 Å². The summed E-state index contributed by atoms with van der Waals surface area (Å²) in [6.07, 6.45) is 0. The van der Waals surface area contributed by atoms with Gasteiger partial charge in [-0.25, -0.2) is 4.98 Å². The second-order valence-electron chi connectivity index (χ2n) is 5.53. The minimum absolute atomic E-state index is 0.0578. The summed E-state index contributed by atoms with van der Waals surface area (Å²) in [4.78, 5) is 4.23. The van der Waals surface area contributed by atoms with Crippen LogP contribution < -0.4 is 22.1 Å². The Kier molecular flexibility index (Phi) is 4.11. The number of hydrogen-bond acceptors (Lipinski definition) is 6. The van der Waals surface area contributed by atoms with Crippen LogP contribution in [0.15, 0.2) is 54.6 Å². The third kappa shape index (κ3) is 3.49. The summed E-state index contributed by atoms with van der Waals surface area (Å²) in [5.74, 6) is 0.491. The molecule has 3 rings (SSSR count). The largest absolute Gasteiger partial charge is 0.504 e. The number of nitrogens with one attached hydrogen (secondary N) is 2. The predicted molar refractivity (Wildman–Crippen MR) is 98.9 cm³/mol. The molecule has 0 atom stereocenters. The van der Waals surface area contributed by atoms with Crippen molar-refractivity contribution in [2.75, 3.05) is 22.1 Å². The van der Waals surface area contributed by atoms with Crippen LogP contribution in [0.1, 0.15) is 5.56 Å². The molecule has 0 bridgehead atoms. The summed E-state index contributed by atoms with van der Waals surface area (Å²) in [6.45, 7) is 2.02. The molecule has 2 aromatic carbocycles. The van der Waals surface area contributed by atoms with E-state index in [1.807, 2.05) is 43.3 Å². The fourth-order valence-electron chi connectivity index (χ4n) is 2.20. The molecule has 6 nitrogen and oxygen atoms in total. The molecule has 0 aliphatic heterocycles. The molecule has 0 aliphatic rings. The van der Waals surface area contributed by atoms with Crippen LogP contribution in [0.3, 0.4) is 0 Å². The molecular weight excluding hydrogens is 302 g/mol. The van der Waals surface area contributed by atoms with Gasteiger partial charge in [-0.1, -0.05) is 17.7 Å². The Morgan fingerprint density at radius 3 is 2.12 bits per heavy atom. The van der Waals surface area contributed by atoms with E-state index in [4.69, 9.17) is 11.5 Å². The van der Waals surface area contributed by atoms with Gasteiger partial charge in [-0.2, -0.15) is 0 Å². The molecule has 0 radical (unpaired) electrons. The Balaban J connectivity index is 1.93. The summed E-state index contributed by atoms with van der Waals surface area (Å²) in [7, 11) is 0. The summed E-state index contributed by atoms with van der Waals surface area (Å²) < 4.78 is 0. The number of pyridine rings is 1. The summed E-state index contributed by atoms with van der Waals surface area (Å²) in [5, 5.41) is 16.3. The SMILES string of the molecule is Cc1ccc(Nc2cc(O)c(N)nc2Nc2ccc(N)cc2)cc1. The Hall–Kier alpha value is -3.41. The molecule has 0 aliphatic carbocycles. The van der Waals surface area contributed by atoms with E-state index in [-0.39, 0.29) is 11.6 Å². The summed E-state index contributed by atoms with van der Waals surface area (Å²) in [5.41, 5.74) is 15.6. The van der Waals surface area contributed by atoms with E-state index in [0.29, 0.717) is 17.2 Å². The second-order valence-corrected chi connectivity index (χ2v) is 5.53. The van der Waals surface area contributed by atoms with Gasteiger partial charge in [0.15, 0.2) is 17.4 Å². The van der Waals surface area contributed by atoms with Gasteiger partial charge in [0.05, 0.1) is 5.69 Å². The first-order valence-corrected chi connectivity index (χ1v) is 7.47. The van der Waals surface area contributed by atoms with Gasteiger partial charge in [-0.05, 0) is 43.3 Å². The van der Waals surface area contributed by atoms with Crippen molar-refractivity contribution < 1.29 is 5.11 Å². The summed E-state index contributed by atoms with van der Waals surface area (Å²) >= 11 is 0. The van der Waals surface area contributed by atoms with E-state index in [1.54, 1.807) is 18.2 Å². The number of rotatable bonds is 4. The van der Waals surface area contributed by atoms with Gasteiger partial charge in [0.2, 0.25) is 0 Å². The molecule has 7 N–H and O–H groups in total. The first kappa shape index (κ1) is 15.5. The number of hydrogen-bond donors (Lipinski definition) is 5. The van der Waals surface area contributed by atoms with Gasteiger partial charge in [-0.15, -0.1) is 0 Å². The predicted octanol–water partition coefficient (Wildman–Crippen LogP) is 3.75. The van der Waals surface area contributed by atoms with Crippen LogP contribution in [0, 0.1) is 6.92 Å². The Morgan fingerprint density at radius 2 is 1.46 bits per heavy atom. The van der Waals surface area contributed by atoms with Crippen LogP contribution in [0.5, 0.6) is 5.75 Å². The zero-order chi connectivity index (χ0) is 17.1. The van der Waals surface area contributed by atoms with Gasteiger partial charge in [0.25, 0.3) is 0 Å². The highest BCUT2D eigenvalue weighted by molar-refractivity contribution is 5.79. The number of aryl methyl sites for hydroxylation is 1. The minimum atomic E-state index is -0.0764. The van der Waals surface area contributed by atoms with Crippen molar-refractivity contribution in [3.63, 3.8) is 0 Å². The van der Waals surface area contributed by atoms with E-state index >= 15 is 0 Å². The Labute approximate surface area is 140 Å². The maximum absolute atomic E-state index is 9.88. The van der Waals surface area contributed by atoms with Crippen LogP contribution in [0.4, 0.5) is 34.4 Å².